The molecule has 0 bridgehead atoms. The zero-order chi connectivity index (χ0) is 13.1. The number of hydrogen-bond donors (Lipinski definition) is 1. The maximum atomic E-state index is 10.6. The fourth-order valence-electron chi connectivity index (χ4n) is 4.37. The van der Waals surface area contributed by atoms with Crippen LogP contribution in [-0.4, -0.2) is 10.7 Å². The first-order valence-electron chi connectivity index (χ1n) is 7.36. The van der Waals surface area contributed by atoms with E-state index in [4.69, 9.17) is 0 Å². The van der Waals surface area contributed by atoms with E-state index in [0.717, 1.165) is 24.7 Å². The number of aliphatic hydroxyl groups is 1. The van der Waals surface area contributed by atoms with Crippen molar-refractivity contribution in [1.29, 1.82) is 0 Å². The zero-order valence-corrected chi connectivity index (χ0v) is 12.5. The van der Waals surface area contributed by atoms with E-state index in [0.29, 0.717) is 16.7 Å². The lowest BCUT2D eigenvalue weighted by atomic mass is 9.42. The van der Waals surface area contributed by atoms with Crippen LogP contribution in [0.25, 0.3) is 0 Å². The molecule has 1 heteroatoms. The van der Waals surface area contributed by atoms with Gasteiger partial charge in [0.15, 0.2) is 0 Å². The first kappa shape index (κ1) is 13.4. The summed E-state index contributed by atoms with van der Waals surface area (Å²) in [7, 11) is 0. The van der Waals surface area contributed by atoms with Crippen molar-refractivity contribution < 1.29 is 5.11 Å². The molecule has 0 aliphatic heterocycles. The van der Waals surface area contributed by atoms with Gasteiger partial charge in [-0.3, -0.25) is 0 Å². The van der Waals surface area contributed by atoms with Crippen molar-refractivity contribution >= 4 is 0 Å². The minimum Gasteiger partial charge on any atom is -0.390 e. The molecule has 17 heavy (non-hydrogen) atoms. The zero-order valence-electron chi connectivity index (χ0n) is 12.5. The molecule has 2 rings (SSSR count). The summed E-state index contributed by atoms with van der Waals surface area (Å²) in [6, 6.07) is 0. The monoisotopic (exact) mass is 238 g/mol. The Bertz CT molecular complexity index is 297. The molecule has 2 atom stereocenters. The van der Waals surface area contributed by atoms with Crippen LogP contribution < -0.4 is 0 Å². The first-order valence-corrected chi connectivity index (χ1v) is 7.36. The Labute approximate surface area is 107 Å². The highest BCUT2D eigenvalue weighted by molar-refractivity contribution is 5.12. The quantitative estimate of drug-likeness (QED) is 0.724. The van der Waals surface area contributed by atoms with Crippen molar-refractivity contribution in [3.05, 3.63) is 0 Å². The molecule has 2 aliphatic rings. The molecule has 2 fully saturated rings. The molecule has 1 spiro atoms. The molecule has 0 aromatic rings. The average Bonchev–Trinajstić information content (AvgIpc) is 2.18. The van der Waals surface area contributed by atoms with Crippen LogP contribution in [0.15, 0.2) is 0 Å². The maximum absolute atomic E-state index is 10.6. The number of hydrogen-bond acceptors (Lipinski definition) is 1. The van der Waals surface area contributed by atoms with Crippen molar-refractivity contribution in [2.45, 2.75) is 72.8 Å². The summed E-state index contributed by atoms with van der Waals surface area (Å²) in [5, 5.41) is 10.6. The van der Waals surface area contributed by atoms with Gasteiger partial charge < -0.3 is 5.11 Å². The molecule has 2 saturated carbocycles. The number of rotatable bonds is 1. The molecule has 0 amide bonds. The van der Waals surface area contributed by atoms with Crippen molar-refractivity contribution in [1.82, 2.24) is 0 Å². The minimum atomic E-state index is -0.370. The lowest BCUT2D eigenvalue weighted by molar-refractivity contribution is -0.214. The van der Waals surface area contributed by atoms with E-state index in [1.807, 2.05) is 0 Å². The van der Waals surface area contributed by atoms with Crippen LogP contribution in [0.2, 0.25) is 0 Å². The van der Waals surface area contributed by atoms with E-state index in [1.54, 1.807) is 0 Å². The second kappa shape index (κ2) is 3.73. The van der Waals surface area contributed by atoms with E-state index < -0.39 is 0 Å². The Morgan fingerprint density at radius 2 is 1.65 bits per heavy atom. The van der Waals surface area contributed by atoms with E-state index in [1.165, 1.54) is 12.8 Å². The van der Waals surface area contributed by atoms with Crippen LogP contribution in [0.3, 0.4) is 0 Å². The van der Waals surface area contributed by atoms with Gasteiger partial charge >= 0.3 is 0 Å². The van der Waals surface area contributed by atoms with Crippen molar-refractivity contribution in [2.24, 2.45) is 28.6 Å². The summed E-state index contributed by atoms with van der Waals surface area (Å²) >= 11 is 0. The molecular weight excluding hydrogens is 208 g/mol. The van der Waals surface area contributed by atoms with E-state index >= 15 is 0 Å². The largest absolute Gasteiger partial charge is 0.390 e. The van der Waals surface area contributed by atoms with Gasteiger partial charge in [0.2, 0.25) is 0 Å². The lowest BCUT2D eigenvalue weighted by Gasteiger charge is -2.65. The van der Waals surface area contributed by atoms with Gasteiger partial charge in [0.25, 0.3) is 0 Å². The third-order valence-corrected chi connectivity index (χ3v) is 6.77. The summed E-state index contributed by atoms with van der Waals surface area (Å²) in [6.07, 6.45) is 4.74. The average molecular weight is 238 g/mol. The van der Waals surface area contributed by atoms with Crippen molar-refractivity contribution in [3.63, 3.8) is 0 Å². The molecule has 0 aromatic carbocycles. The molecule has 0 radical (unpaired) electrons. The molecule has 0 aromatic heterocycles. The SMILES string of the molecule is CC(C)C1(O)CC2(CC[C@@H](C)C(C)(C)[C@H]2C)C1. The van der Waals surface area contributed by atoms with Gasteiger partial charge in [0.1, 0.15) is 0 Å². The van der Waals surface area contributed by atoms with Gasteiger partial charge in [-0.05, 0) is 54.3 Å². The second-order valence-corrected chi connectivity index (χ2v) is 7.96. The van der Waals surface area contributed by atoms with Crippen LogP contribution in [0.4, 0.5) is 0 Å². The third-order valence-electron chi connectivity index (χ3n) is 6.77. The van der Waals surface area contributed by atoms with Crippen LogP contribution in [0.1, 0.15) is 67.2 Å². The van der Waals surface area contributed by atoms with E-state index in [9.17, 15) is 5.11 Å². The highest BCUT2D eigenvalue weighted by atomic mass is 16.3. The highest BCUT2D eigenvalue weighted by Crippen LogP contribution is 2.66. The van der Waals surface area contributed by atoms with Gasteiger partial charge in [0, 0.05) is 0 Å². The van der Waals surface area contributed by atoms with Crippen LogP contribution >= 0.6 is 0 Å². The van der Waals surface area contributed by atoms with Gasteiger partial charge in [-0.2, -0.15) is 0 Å². The molecule has 100 valence electrons. The van der Waals surface area contributed by atoms with Crippen molar-refractivity contribution in [3.8, 4) is 0 Å². The lowest BCUT2D eigenvalue weighted by Crippen LogP contribution is -2.62. The Hall–Kier alpha value is -0.0400. The molecule has 1 N–H and O–H groups in total. The Balaban J connectivity index is 2.15. The molecule has 0 saturated heterocycles. The summed E-state index contributed by atoms with van der Waals surface area (Å²) in [5.41, 5.74) is 0.497. The molecule has 0 unspecified atom stereocenters. The Morgan fingerprint density at radius 3 is 2.12 bits per heavy atom. The van der Waals surface area contributed by atoms with Gasteiger partial charge in [0.05, 0.1) is 5.60 Å². The molecular formula is C16H30O. The van der Waals surface area contributed by atoms with Crippen LogP contribution in [0, 0.1) is 28.6 Å². The van der Waals surface area contributed by atoms with Crippen molar-refractivity contribution in [2.75, 3.05) is 0 Å². The predicted molar refractivity (Wildman–Crippen MR) is 72.8 cm³/mol. The maximum Gasteiger partial charge on any atom is 0.0681 e. The van der Waals surface area contributed by atoms with E-state index in [-0.39, 0.29) is 5.60 Å². The Morgan fingerprint density at radius 1 is 1.12 bits per heavy atom. The molecule has 1 nitrogen and oxygen atoms in total. The molecule has 0 heterocycles. The second-order valence-electron chi connectivity index (χ2n) is 7.96. The molecule has 2 aliphatic carbocycles. The van der Waals surface area contributed by atoms with E-state index in [2.05, 4.69) is 41.5 Å². The van der Waals surface area contributed by atoms with Crippen LogP contribution in [-0.2, 0) is 0 Å². The Kier molecular flexibility index (Phi) is 2.94. The normalized spacial score (nSPS) is 49.4. The summed E-state index contributed by atoms with van der Waals surface area (Å²) in [5.74, 6) is 1.96. The standard InChI is InChI=1S/C16H30O/c1-11(2)16(17)9-15(10-16)8-7-12(3)14(5,6)13(15)4/h11-13,17H,7-10H2,1-6H3/t12-,13-,15?,16?/m1/s1. The third kappa shape index (κ3) is 1.77. The van der Waals surface area contributed by atoms with Gasteiger partial charge in [-0.25, -0.2) is 0 Å². The smallest absolute Gasteiger partial charge is 0.0681 e. The fourth-order valence-corrected chi connectivity index (χ4v) is 4.37. The van der Waals surface area contributed by atoms with Gasteiger partial charge in [-0.1, -0.05) is 41.5 Å². The van der Waals surface area contributed by atoms with Crippen LogP contribution in [0.5, 0.6) is 0 Å². The van der Waals surface area contributed by atoms with Gasteiger partial charge in [-0.15, -0.1) is 0 Å². The minimum absolute atomic E-state index is 0.370. The first-order chi connectivity index (χ1) is 7.64. The fraction of sp³-hybridized carbons (Fsp3) is 1.00. The highest BCUT2D eigenvalue weighted by Gasteiger charge is 2.61. The summed E-state index contributed by atoms with van der Waals surface area (Å²) < 4.78 is 0. The topological polar surface area (TPSA) is 20.2 Å². The predicted octanol–water partition coefficient (Wildman–Crippen LogP) is 4.25. The summed E-state index contributed by atoms with van der Waals surface area (Å²) in [6.45, 7) is 14.0. The summed E-state index contributed by atoms with van der Waals surface area (Å²) in [4.78, 5) is 0.